The summed E-state index contributed by atoms with van der Waals surface area (Å²) in [4.78, 5) is 27.9. The number of benzene rings is 1. The summed E-state index contributed by atoms with van der Waals surface area (Å²) in [5.74, 6) is -0.503. The van der Waals surface area contributed by atoms with Crippen molar-refractivity contribution in [3.63, 3.8) is 0 Å². The Morgan fingerprint density at radius 3 is 2.67 bits per heavy atom. The number of pyridine rings is 1. The van der Waals surface area contributed by atoms with Crippen LogP contribution in [0, 0.1) is 6.92 Å². The summed E-state index contributed by atoms with van der Waals surface area (Å²) in [5, 5.41) is 4.48. The first-order valence-corrected chi connectivity index (χ1v) is 10.2. The fourth-order valence-electron chi connectivity index (χ4n) is 3.81. The number of hydrogen-bond donors (Lipinski definition) is 0. The highest BCUT2D eigenvalue weighted by atomic mass is 16.5. The molecule has 158 valence electrons. The number of esters is 1. The molecule has 0 unspecified atom stereocenters. The van der Waals surface area contributed by atoms with E-state index in [1.54, 1.807) is 12.4 Å². The number of aryl methyl sites for hydroxylation is 2. The minimum atomic E-state index is -0.503. The van der Waals surface area contributed by atoms with E-state index in [9.17, 15) is 9.59 Å². The van der Waals surface area contributed by atoms with Gasteiger partial charge >= 0.3 is 5.97 Å². The zero-order chi connectivity index (χ0) is 21.1. The Kier molecular flexibility index (Phi) is 5.96. The summed E-state index contributed by atoms with van der Waals surface area (Å²) in [6, 6.07) is 7.54. The Bertz CT molecular complexity index is 1070. The van der Waals surface area contributed by atoms with Gasteiger partial charge in [0.1, 0.15) is 11.3 Å². The molecule has 0 aromatic heterocycles. The zero-order valence-electron chi connectivity index (χ0n) is 17.3. The van der Waals surface area contributed by atoms with Crippen LogP contribution in [0.1, 0.15) is 22.3 Å². The zero-order valence-corrected chi connectivity index (χ0v) is 17.3. The van der Waals surface area contributed by atoms with E-state index in [0.717, 1.165) is 44.8 Å². The van der Waals surface area contributed by atoms with Crippen molar-refractivity contribution < 1.29 is 14.3 Å². The summed E-state index contributed by atoms with van der Waals surface area (Å²) in [6.45, 7) is 6.96. The summed E-state index contributed by atoms with van der Waals surface area (Å²) in [7, 11) is 1.33. The Morgan fingerprint density at radius 2 is 1.93 bits per heavy atom. The Balaban J connectivity index is 1.68. The number of carbonyl (C=O) groups excluding carboxylic acids is 1. The van der Waals surface area contributed by atoms with Gasteiger partial charge in [0, 0.05) is 38.6 Å². The maximum absolute atomic E-state index is 13.1. The van der Waals surface area contributed by atoms with E-state index < -0.39 is 5.97 Å². The lowest BCUT2D eigenvalue weighted by Crippen LogP contribution is -2.37. The Morgan fingerprint density at radius 1 is 1.17 bits per heavy atom. The van der Waals surface area contributed by atoms with Gasteiger partial charge in [0.25, 0.3) is 5.56 Å². The van der Waals surface area contributed by atoms with Gasteiger partial charge in [0.2, 0.25) is 0 Å². The molecule has 0 atom stereocenters. The number of hydrogen-bond acceptors (Lipinski definition) is 6. The van der Waals surface area contributed by atoms with Crippen molar-refractivity contribution in [3.8, 4) is 16.9 Å². The Hall–Kier alpha value is -2.97. The number of ether oxygens (including phenoxy) is 2. The van der Waals surface area contributed by atoms with E-state index in [0.29, 0.717) is 29.1 Å². The number of morpholine rings is 1. The first-order valence-electron chi connectivity index (χ1n) is 10.2. The summed E-state index contributed by atoms with van der Waals surface area (Å²) in [6.07, 6.45) is 4.41. The molecule has 0 radical (unpaired) electrons. The van der Waals surface area contributed by atoms with Crippen LogP contribution in [0.2, 0.25) is 0 Å². The van der Waals surface area contributed by atoms with E-state index in [2.05, 4.69) is 10.00 Å². The largest absolute Gasteiger partial charge is 0.465 e. The Labute approximate surface area is 175 Å². The molecule has 1 aromatic carbocycles. The van der Waals surface area contributed by atoms with Crippen LogP contribution in [0.5, 0.6) is 0 Å². The van der Waals surface area contributed by atoms with Crippen molar-refractivity contribution in [2.75, 3.05) is 40.0 Å². The molecule has 0 bridgehead atoms. The van der Waals surface area contributed by atoms with E-state index >= 15 is 0 Å². The lowest BCUT2D eigenvalue weighted by atomic mass is 10.1. The quantitative estimate of drug-likeness (QED) is 0.578. The van der Waals surface area contributed by atoms with Gasteiger partial charge in [-0.3, -0.25) is 9.69 Å². The highest BCUT2D eigenvalue weighted by Crippen LogP contribution is 2.24. The second-order valence-electron chi connectivity index (χ2n) is 7.47. The molecule has 8 heteroatoms. The van der Waals surface area contributed by atoms with Gasteiger partial charge in [-0.15, -0.1) is 0 Å². The first-order chi connectivity index (χ1) is 14.6. The number of methoxy groups -OCH3 is 1. The standard InChI is InChI=1S/C22H26N4O4/c1-16-6-3-4-7-19(16)26-21(27)17-14-25(9-5-8-24-10-12-30-13-11-24)15-18(20(17)23-26)22(28)29-2/h3-4,6-7,14-15H,5,8-13H2,1-2H3. The molecule has 1 aromatic rings. The molecular formula is C22H26N4O4. The van der Waals surface area contributed by atoms with Crippen molar-refractivity contribution >= 4 is 5.97 Å². The molecular weight excluding hydrogens is 384 g/mol. The molecule has 0 amide bonds. The normalized spacial score (nSPS) is 14.9. The van der Waals surface area contributed by atoms with Crippen LogP contribution >= 0.6 is 0 Å². The molecule has 0 saturated carbocycles. The molecule has 1 saturated heterocycles. The smallest absolute Gasteiger partial charge is 0.341 e. The number of carbonyl (C=O) groups is 1. The third-order valence-corrected chi connectivity index (χ3v) is 5.47. The molecule has 0 spiro atoms. The summed E-state index contributed by atoms with van der Waals surface area (Å²) in [5.41, 5.74) is 2.46. The van der Waals surface area contributed by atoms with Gasteiger partial charge in [-0.1, -0.05) is 18.2 Å². The van der Waals surface area contributed by atoms with Crippen LogP contribution in [0.3, 0.4) is 0 Å². The van der Waals surface area contributed by atoms with E-state index in [1.807, 2.05) is 35.8 Å². The molecule has 0 N–H and O–H groups in total. The number of para-hydroxylation sites is 1. The minimum absolute atomic E-state index is 0.244. The van der Waals surface area contributed by atoms with Crippen LogP contribution in [-0.4, -0.2) is 65.2 Å². The molecule has 8 nitrogen and oxygen atoms in total. The average molecular weight is 410 g/mol. The second-order valence-corrected chi connectivity index (χ2v) is 7.47. The maximum atomic E-state index is 13.1. The molecule has 4 rings (SSSR count). The molecule has 3 heterocycles. The van der Waals surface area contributed by atoms with Crippen molar-refractivity contribution in [3.05, 3.63) is 58.1 Å². The SMILES string of the molecule is COC(=O)c1cn(CCCN2CCOCC2)cc2c(=O)n(-c3ccccc3C)nc1-2. The van der Waals surface area contributed by atoms with Gasteiger partial charge in [-0.25, -0.2) is 4.79 Å². The topological polar surface area (TPSA) is 78.6 Å². The van der Waals surface area contributed by atoms with Crippen molar-refractivity contribution in [2.24, 2.45) is 0 Å². The van der Waals surface area contributed by atoms with Gasteiger partial charge < -0.3 is 14.0 Å². The molecule has 0 aliphatic carbocycles. The predicted octanol–water partition coefficient (Wildman–Crippen LogP) is 1.96. The van der Waals surface area contributed by atoms with Gasteiger partial charge in [0.05, 0.1) is 31.6 Å². The van der Waals surface area contributed by atoms with Crippen LogP contribution in [0.4, 0.5) is 0 Å². The number of nitrogens with zero attached hydrogens (tertiary/aromatic N) is 4. The summed E-state index contributed by atoms with van der Waals surface area (Å²) >= 11 is 0. The van der Waals surface area contributed by atoms with Gasteiger partial charge in [-0.05, 0) is 25.0 Å². The van der Waals surface area contributed by atoms with Gasteiger partial charge in [-0.2, -0.15) is 9.78 Å². The highest BCUT2D eigenvalue weighted by molar-refractivity contribution is 5.96. The predicted molar refractivity (Wildman–Crippen MR) is 112 cm³/mol. The third-order valence-electron chi connectivity index (χ3n) is 5.47. The molecule has 30 heavy (non-hydrogen) atoms. The van der Waals surface area contributed by atoms with Crippen LogP contribution < -0.4 is 5.56 Å². The number of aromatic nitrogens is 3. The molecule has 3 aliphatic heterocycles. The number of rotatable bonds is 6. The maximum Gasteiger partial charge on any atom is 0.341 e. The van der Waals surface area contributed by atoms with E-state index in [1.165, 1.54) is 11.8 Å². The lowest BCUT2D eigenvalue weighted by Gasteiger charge is -2.26. The second kappa shape index (κ2) is 8.81. The fourth-order valence-corrected chi connectivity index (χ4v) is 3.81. The van der Waals surface area contributed by atoms with Crippen molar-refractivity contribution in [1.29, 1.82) is 0 Å². The van der Waals surface area contributed by atoms with E-state index in [-0.39, 0.29) is 5.56 Å². The number of fused-ring (bicyclic) bond motifs is 1. The van der Waals surface area contributed by atoms with Crippen LogP contribution in [0.25, 0.3) is 16.9 Å². The average Bonchev–Trinajstić information content (AvgIpc) is 3.10. The molecule has 1 fully saturated rings. The van der Waals surface area contributed by atoms with Crippen LogP contribution in [0.15, 0.2) is 41.5 Å². The molecule has 3 aliphatic rings. The third kappa shape index (κ3) is 4.01. The van der Waals surface area contributed by atoms with Crippen LogP contribution in [-0.2, 0) is 16.0 Å². The summed E-state index contributed by atoms with van der Waals surface area (Å²) < 4.78 is 13.6. The van der Waals surface area contributed by atoms with Crippen molar-refractivity contribution in [1.82, 2.24) is 19.2 Å². The minimum Gasteiger partial charge on any atom is -0.465 e. The highest BCUT2D eigenvalue weighted by Gasteiger charge is 2.25. The van der Waals surface area contributed by atoms with Crippen molar-refractivity contribution in [2.45, 2.75) is 19.9 Å². The lowest BCUT2D eigenvalue weighted by molar-refractivity contribution is 0.0369. The monoisotopic (exact) mass is 410 g/mol. The fraction of sp³-hybridized carbons (Fsp3) is 0.409. The van der Waals surface area contributed by atoms with Gasteiger partial charge in [0.15, 0.2) is 0 Å². The first kappa shape index (κ1) is 20.3. The van der Waals surface area contributed by atoms with E-state index in [4.69, 9.17) is 9.47 Å².